The van der Waals surface area contributed by atoms with Gasteiger partial charge in [-0.05, 0) is 31.7 Å². The van der Waals surface area contributed by atoms with Crippen LogP contribution >= 0.6 is 0 Å². The second-order valence-corrected chi connectivity index (χ2v) is 11.6. The van der Waals surface area contributed by atoms with E-state index in [-0.39, 0.29) is 49.9 Å². The number of amides is 3. The SMILES string of the molecule is CCCC(C)N1CC=C[C@@]23O[C@H]4/C=C\CCC(=O)NC[C@H](c5ccccc5)OC(=O)[C@H]4[C@@H]2C(=O)N(CCCO)[C@H]3C1=O. The van der Waals surface area contributed by atoms with Crippen LogP contribution in [0.15, 0.2) is 54.6 Å². The number of hydrogen-bond donors (Lipinski definition) is 2. The van der Waals surface area contributed by atoms with Crippen molar-refractivity contribution >= 4 is 23.7 Å². The summed E-state index contributed by atoms with van der Waals surface area (Å²) in [6.45, 7) is 4.55. The number of fused-ring (bicyclic) bond motifs is 2. The Morgan fingerprint density at radius 3 is 2.64 bits per heavy atom. The zero-order valence-electron chi connectivity index (χ0n) is 24.3. The summed E-state index contributed by atoms with van der Waals surface area (Å²) in [5.74, 6) is -3.35. The fraction of sp³-hybridized carbons (Fsp3) is 0.562. The lowest BCUT2D eigenvalue weighted by molar-refractivity contribution is -0.160. The fourth-order valence-electron chi connectivity index (χ4n) is 6.88. The third-order valence-electron chi connectivity index (χ3n) is 8.87. The first-order valence-corrected chi connectivity index (χ1v) is 15.1. The molecule has 7 atom stereocenters. The predicted molar refractivity (Wildman–Crippen MR) is 154 cm³/mol. The lowest BCUT2D eigenvalue weighted by Crippen LogP contribution is -2.56. The van der Waals surface area contributed by atoms with Gasteiger partial charge in [-0.3, -0.25) is 19.2 Å². The molecule has 10 nitrogen and oxygen atoms in total. The molecule has 3 amide bonds. The highest BCUT2D eigenvalue weighted by Crippen LogP contribution is 2.53. The number of likely N-dealkylation sites (tertiary alicyclic amines) is 1. The first-order valence-electron chi connectivity index (χ1n) is 15.1. The van der Waals surface area contributed by atoms with Gasteiger partial charge in [-0.25, -0.2) is 0 Å². The van der Waals surface area contributed by atoms with E-state index in [1.165, 1.54) is 4.90 Å². The number of nitrogens with zero attached hydrogens (tertiary/aromatic N) is 2. The molecular weight excluding hydrogens is 538 g/mol. The minimum atomic E-state index is -1.38. The van der Waals surface area contributed by atoms with Crippen LogP contribution < -0.4 is 5.32 Å². The number of aliphatic hydroxyl groups is 1. The highest BCUT2D eigenvalue weighted by atomic mass is 16.6. The summed E-state index contributed by atoms with van der Waals surface area (Å²) in [7, 11) is 0. The lowest BCUT2D eigenvalue weighted by atomic mass is 9.77. The van der Waals surface area contributed by atoms with E-state index in [0.717, 1.165) is 12.8 Å². The summed E-state index contributed by atoms with van der Waals surface area (Å²) in [6.07, 6.45) is 8.28. The number of rotatable bonds is 7. The molecule has 5 rings (SSSR count). The first-order chi connectivity index (χ1) is 20.3. The average molecular weight is 580 g/mol. The molecule has 0 saturated carbocycles. The zero-order chi connectivity index (χ0) is 29.9. The van der Waals surface area contributed by atoms with Crippen LogP contribution in [0, 0.1) is 11.8 Å². The van der Waals surface area contributed by atoms with Gasteiger partial charge in [-0.15, -0.1) is 0 Å². The van der Waals surface area contributed by atoms with Gasteiger partial charge in [-0.2, -0.15) is 0 Å². The summed E-state index contributed by atoms with van der Waals surface area (Å²) in [4.78, 5) is 58.4. The highest BCUT2D eigenvalue weighted by Gasteiger charge is 2.71. The Balaban J connectivity index is 1.57. The van der Waals surface area contributed by atoms with Gasteiger partial charge in [0.2, 0.25) is 17.7 Å². The van der Waals surface area contributed by atoms with E-state index in [4.69, 9.17) is 9.47 Å². The quantitative estimate of drug-likeness (QED) is 0.375. The monoisotopic (exact) mass is 579 g/mol. The summed E-state index contributed by atoms with van der Waals surface area (Å²) in [5, 5.41) is 12.5. The molecule has 1 aromatic carbocycles. The number of ether oxygens (including phenoxy) is 2. The van der Waals surface area contributed by atoms with Crippen LogP contribution in [0.4, 0.5) is 0 Å². The van der Waals surface area contributed by atoms with Crippen molar-refractivity contribution in [3.63, 3.8) is 0 Å². The van der Waals surface area contributed by atoms with Crippen LogP contribution in [0.1, 0.15) is 57.6 Å². The van der Waals surface area contributed by atoms with E-state index in [2.05, 4.69) is 12.2 Å². The number of carbonyl (C=O) groups is 4. The molecule has 2 N–H and O–H groups in total. The van der Waals surface area contributed by atoms with Crippen molar-refractivity contribution in [1.29, 1.82) is 0 Å². The largest absolute Gasteiger partial charge is 0.455 e. The number of allylic oxidation sites excluding steroid dienone is 1. The second kappa shape index (κ2) is 12.8. The van der Waals surface area contributed by atoms with E-state index in [9.17, 15) is 24.3 Å². The fourth-order valence-corrected chi connectivity index (χ4v) is 6.88. The van der Waals surface area contributed by atoms with Crippen LogP contribution in [0.5, 0.6) is 0 Å². The number of aliphatic hydroxyl groups excluding tert-OH is 1. The molecule has 10 heteroatoms. The van der Waals surface area contributed by atoms with Crippen molar-refractivity contribution in [3.8, 4) is 0 Å². The Morgan fingerprint density at radius 2 is 1.90 bits per heavy atom. The molecule has 4 aliphatic rings. The third-order valence-corrected chi connectivity index (χ3v) is 8.87. The summed E-state index contributed by atoms with van der Waals surface area (Å²) < 4.78 is 12.8. The molecule has 0 aliphatic carbocycles. The first kappa shape index (κ1) is 30.0. The number of benzene rings is 1. The van der Waals surface area contributed by atoms with E-state index in [1.54, 1.807) is 17.1 Å². The zero-order valence-corrected chi connectivity index (χ0v) is 24.3. The molecule has 1 unspecified atom stereocenters. The second-order valence-electron chi connectivity index (χ2n) is 11.6. The lowest BCUT2D eigenvalue weighted by Gasteiger charge is -2.37. The minimum absolute atomic E-state index is 0.0488. The van der Waals surface area contributed by atoms with Crippen molar-refractivity contribution in [2.45, 2.75) is 75.8 Å². The van der Waals surface area contributed by atoms with Crippen LogP contribution in [0.3, 0.4) is 0 Å². The standard InChI is InChI=1S/C32H41N3O7/c1-3-11-21(2)34-17-9-16-32-27(29(38)35(18-10-19-36)28(32)30(34)39)26-23(42-32)14-7-8-15-25(37)33-20-24(41-31(26)40)22-12-5-4-6-13-22/h4-7,9,12-14,16,21,23-24,26-28,36H,3,8,10-11,15,17-20H2,1-2H3,(H,33,37)/b14-7-/t21?,23-,24+,26+,27+,28-,32+/m0/s1. The molecule has 4 aliphatic heterocycles. The van der Waals surface area contributed by atoms with Gasteiger partial charge in [0, 0.05) is 32.2 Å². The minimum Gasteiger partial charge on any atom is -0.455 e. The van der Waals surface area contributed by atoms with Crippen LogP contribution in [0.25, 0.3) is 0 Å². The van der Waals surface area contributed by atoms with Crippen LogP contribution in [0.2, 0.25) is 0 Å². The Labute approximate surface area is 246 Å². The smallest absolute Gasteiger partial charge is 0.313 e. The van der Waals surface area contributed by atoms with Gasteiger partial charge in [0.05, 0.1) is 18.6 Å². The van der Waals surface area contributed by atoms with Crippen LogP contribution in [-0.2, 0) is 28.7 Å². The van der Waals surface area contributed by atoms with E-state index in [1.807, 2.05) is 49.4 Å². The molecular formula is C32H41N3O7. The molecule has 226 valence electrons. The van der Waals surface area contributed by atoms with Crippen molar-refractivity contribution in [3.05, 3.63) is 60.2 Å². The van der Waals surface area contributed by atoms with E-state index in [0.29, 0.717) is 24.9 Å². The Kier molecular flexibility index (Phi) is 9.13. The van der Waals surface area contributed by atoms with Gasteiger partial charge < -0.3 is 29.7 Å². The number of hydrogen-bond acceptors (Lipinski definition) is 7. The maximum absolute atomic E-state index is 14.3. The molecule has 0 radical (unpaired) electrons. The number of carbonyl (C=O) groups excluding carboxylic acids is 4. The maximum Gasteiger partial charge on any atom is 0.313 e. The van der Waals surface area contributed by atoms with Gasteiger partial charge in [-0.1, -0.05) is 68.0 Å². The Morgan fingerprint density at radius 1 is 1.12 bits per heavy atom. The number of esters is 1. The molecule has 2 fully saturated rings. The molecule has 0 bridgehead atoms. The average Bonchev–Trinajstić information content (AvgIpc) is 3.36. The van der Waals surface area contributed by atoms with Gasteiger partial charge in [0.25, 0.3) is 0 Å². The molecule has 0 aromatic heterocycles. The van der Waals surface area contributed by atoms with Crippen LogP contribution in [-0.4, -0.2) is 88.6 Å². The number of cyclic esters (lactones) is 1. The van der Waals surface area contributed by atoms with Crippen molar-refractivity contribution in [2.75, 3.05) is 26.2 Å². The normalized spacial score (nSPS) is 33.0. The molecule has 42 heavy (non-hydrogen) atoms. The molecule has 4 heterocycles. The molecule has 2 saturated heterocycles. The molecule has 1 spiro atoms. The van der Waals surface area contributed by atoms with Gasteiger partial charge >= 0.3 is 5.97 Å². The van der Waals surface area contributed by atoms with E-state index < -0.39 is 41.7 Å². The predicted octanol–water partition coefficient (Wildman–Crippen LogP) is 2.29. The van der Waals surface area contributed by atoms with Crippen molar-refractivity contribution in [1.82, 2.24) is 15.1 Å². The van der Waals surface area contributed by atoms with Crippen molar-refractivity contribution < 1.29 is 33.8 Å². The maximum atomic E-state index is 14.3. The summed E-state index contributed by atoms with van der Waals surface area (Å²) in [6, 6.07) is 8.14. The highest BCUT2D eigenvalue weighted by molar-refractivity contribution is 5.99. The number of nitrogens with one attached hydrogen (secondary N) is 1. The topological polar surface area (TPSA) is 125 Å². The Bertz CT molecular complexity index is 1230. The Hall–Kier alpha value is -3.50. The summed E-state index contributed by atoms with van der Waals surface area (Å²) >= 11 is 0. The van der Waals surface area contributed by atoms with Gasteiger partial charge in [0.15, 0.2) is 0 Å². The van der Waals surface area contributed by atoms with Gasteiger partial charge in [0.1, 0.15) is 23.7 Å². The third kappa shape index (κ3) is 5.49. The summed E-state index contributed by atoms with van der Waals surface area (Å²) in [5.41, 5.74) is -0.659. The van der Waals surface area contributed by atoms with Crippen molar-refractivity contribution in [2.24, 2.45) is 11.8 Å². The van der Waals surface area contributed by atoms with E-state index >= 15 is 0 Å². The molecule has 1 aromatic rings.